The van der Waals surface area contributed by atoms with Crippen molar-refractivity contribution in [2.24, 2.45) is 5.16 Å². The van der Waals surface area contributed by atoms with E-state index in [2.05, 4.69) is 23.9 Å². The molecule has 0 radical (unpaired) electrons. The molecule has 0 N–H and O–H groups in total. The molecule has 1 heterocycles. The third-order valence-electron chi connectivity index (χ3n) is 6.00. The number of morpholine rings is 1. The van der Waals surface area contributed by atoms with Crippen LogP contribution in [0.4, 0.5) is 0 Å². The summed E-state index contributed by atoms with van der Waals surface area (Å²) in [6.45, 7) is 6.80. The summed E-state index contributed by atoms with van der Waals surface area (Å²) in [4.78, 5) is 33.0. The third kappa shape index (κ3) is 9.43. The Balaban J connectivity index is 1.59. The number of rotatable bonds is 14. The molecule has 1 fully saturated rings. The maximum Gasteiger partial charge on any atom is 0.347 e. The van der Waals surface area contributed by atoms with Gasteiger partial charge in [0, 0.05) is 36.4 Å². The second-order valence-electron chi connectivity index (χ2n) is 9.04. The molecule has 0 atom stereocenters. The number of thioether (sulfide) groups is 1. The summed E-state index contributed by atoms with van der Waals surface area (Å²) in [5.41, 5.74) is 1.93. The van der Waals surface area contributed by atoms with E-state index in [1.165, 1.54) is 0 Å². The van der Waals surface area contributed by atoms with Gasteiger partial charge in [0.1, 0.15) is 12.3 Å². The lowest BCUT2D eigenvalue weighted by molar-refractivity contribution is -0.162. The number of ether oxygens (including phenoxy) is 4. The topological polar surface area (TPSA) is 95.9 Å². The van der Waals surface area contributed by atoms with Crippen LogP contribution in [0, 0.1) is 0 Å². The molecule has 0 aliphatic carbocycles. The van der Waals surface area contributed by atoms with Crippen LogP contribution in [0.15, 0.2) is 64.6 Å². The largest absolute Gasteiger partial charge is 0.458 e. The zero-order valence-corrected chi connectivity index (χ0v) is 23.0. The van der Waals surface area contributed by atoms with Crippen LogP contribution in [0.25, 0.3) is 0 Å². The minimum absolute atomic E-state index is 0.113. The van der Waals surface area contributed by atoms with E-state index < -0.39 is 30.7 Å². The van der Waals surface area contributed by atoms with Gasteiger partial charge in [-0.3, -0.25) is 4.90 Å². The summed E-state index contributed by atoms with van der Waals surface area (Å²) in [7, 11) is 1.69. The van der Waals surface area contributed by atoms with Crippen LogP contribution < -0.4 is 0 Å². The van der Waals surface area contributed by atoms with Crippen LogP contribution in [0.1, 0.15) is 25.0 Å². The maximum atomic E-state index is 12.2. The van der Waals surface area contributed by atoms with Gasteiger partial charge in [-0.15, -0.1) is 11.8 Å². The zero-order chi connectivity index (χ0) is 27.2. The summed E-state index contributed by atoms with van der Waals surface area (Å²) < 4.78 is 20.8. The first-order chi connectivity index (χ1) is 18.4. The van der Waals surface area contributed by atoms with E-state index in [1.54, 1.807) is 18.9 Å². The first kappa shape index (κ1) is 29.6. The van der Waals surface area contributed by atoms with Crippen LogP contribution in [-0.2, 0) is 40.0 Å². The number of hydrogen-bond donors (Lipinski definition) is 0. The Morgan fingerprint density at radius 1 is 0.974 bits per heavy atom. The highest BCUT2D eigenvalue weighted by Crippen LogP contribution is 2.25. The van der Waals surface area contributed by atoms with Gasteiger partial charge in [-0.05, 0) is 31.5 Å². The van der Waals surface area contributed by atoms with Gasteiger partial charge in [0.05, 0.1) is 25.4 Å². The number of nitrogens with zero attached hydrogens (tertiary/aromatic N) is 2. The number of carbonyl (C=O) groups is 2. The summed E-state index contributed by atoms with van der Waals surface area (Å²) in [5.74, 6) is -0.483. The zero-order valence-electron chi connectivity index (χ0n) is 22.2. The monoisotopic (exact) mass is 544 g/mol. The SMILES string of the molecule is COCCSc1ccc(C(=NOCC(=O)OCC(=O)OCc2ccccc2)C(C)(C)N2CCOCC2)cc1. The van der Waals surface area contributed by atoms with Gasteiger partial charge in [-0.1, -0.05) is 47.6 Å². The molecule has 1 aliphatic heterocycles. The van der Waals surface area contributed by atoms with E-state index >= 15 is 0 Å². The van der Waals surface area contributed by atoms with Gasteiger partial charge >= 0.3 is 11.9 Å². The quantitative estimate of drug-likeness (QED) is 0.116. The lowest BCUT2D eigenvalue weighted by atomic mass is 9.90. The number of methoxy groups -OCH3 is 1. The van der Waals surface area contributed by atoms with E-state index in [1.807, 2.05) is 54.6 Å². The molecule has 1 aliphatic rings. The molecule has 3 rings (SSSR count). The van der Waals surface area contributed by atoms with Crippen molar-refractivity contribution >= 4 is 29.4 Å². The number of benzene rings is 2. The van der Waals surface area contributed by atoms with Crippen LogP contribution >= 0.6 is 11.8 Å². The molecule has 10 heteroatoms. The first-order valence-corrected chi connectivity index (χ1v) is 13.5. The molecule has 2 aromatic rings. The highest BCUT2D eigenvalue weighted by molar-refractivity contribution is 7.99. The minimum atomic E-state index is -0.709. The van der Waals surface area contributed by atoms with Crippen LogP contribution in [-0.4, -0.2) is 87.1 Å². The standard InChI is InChI=1S/C28H36N2O7S/c1-28(2,30-13-15-34-16-14-30)27(23-9-11-24(12-10-23)38-18-17-33-3)29-37-21-26(32)36-20-25(31)35-19-22-7-5-4-6-8-22/h4-12H,13-21H2,1-3H3. The molecule has 9 nitrogen and oxygen atoms in total. The van der Waals surface area contributed by atoms with Crippen LogP contribution in [0.5, 0.6) is 0 Å². The molecular formula is C28H36N2O7S. The molecule has 0 amide bonds. The average molecular weight is 545 g/mol. The van der Waals surface area contributed by atoms with E-state index in [0.29, 0.717) is 25.5 Å². The number of oxime groups is 1. The normalized spacial score (nSPS) is 14.7. The molecule has 38 heavy (non-hydrogen) atoms. The summed E-state index contributed by atoms with van der Waals surface area (Å²) in [6.07, 6.45) is 0. The summed E-state index contributed by atoms with van der Waals surface area (Å²) in [6, 6.07) is 17.3. The van der Waals surface area contributed by atoms with Crippen LogP contribution in [0.3, 0.4) is 0 Å². The Labute approximate surface area is 228 Å². The molecule has 0 unspecified atom stereocenters. The predicted molar refractivity (Wildman–Crippen MR) is 145 cm³/mol. The van der Waals surface area contributed by atoms with E-state index in [9.17, 15) is 9.59 Å². The van der Waals surface area contributed by atoms with E-state index in [4.69, 9.17) is 23.8 Å². The second kappa shape index (κ2) is 15.5. The van der Waals surface area contributed by atoms with Gasteiger partial charge in [-0.25, -0.2) is 9.59 Å². The molecule has 0 aromatic heterocycles. The molecule has 2 aromatic carbocycles. The summed E-state index contributed by atoms with van der Waals surface area (Å²) >= 11 is 1.71. The van der Waals surface area contributed by atoms with Crippen molar-refractivity contribution in [3.05, 3.63) is 65.7 Å². The van der Waals surface area contributed by atoms with Crippen molar-refractivity contribution < 1.29 is 33.4 Å². The number of esters is 2. The fourth-order valence-electron chi connectivity index (χ4n) is 3.85. The van der Waals surface area contributed by atoms with Gasteiger partial charge in [0.15, 0.2) is 6.61 Å². The van der Waals surface area contributed by atoms with Crippen molar-refractivity contribution in [1.29, 1.82) is 0 Å². The van der Waals surface area contributed by atoms with Gasteiger partial charge in [-0.2, -0.15) is 0 Å². The van der Waals surface area contributed by atoms with E-state index in [0.717, 1.165) is 34.9 Å². The molecule has 1 saturated heterocycles. The lowest BCUT2D eigenvalue weighted by Crippen LogP contribution is -2.54. The summed E-state index contributed by atoms with van der Waals surface area (Å²) in [5, 5.41) is 4.38. The van der Waals surface area contributed by atoms with Gasteiger partial charge < -0.3 is 23.8 Å². The first-order valence-electron chi connectivity index (χ1n) is 12.5. The van der Waals surface area contributed by atoms with Crippen molar-refractivity contribution in [2.45, 2.75) is 30.9 Å². The Morgan fingerprint density at radius 2 is 1.66 bits per heavy atom. The lowest BCUT2D eigenvalue weighted by Gasteiger charge is -2.41. The smallest absolute Gasteiger partial charge is 0.347 e. The van der Waals surface area contributed by atoms with Crippen molar-refractivity contribution in [3.8, 4) is 0 Å². The third-order valence-corrected chi connectivity index (χ3v) is 6.97. The maximum absolute atomic E-state index is 12.2. The fraction of sp³-hybridized carbons (Fsp3) is 0.464. The predicted octanol–water partition coefficient (Wildman–Crippen LogP) is 3.54. The van der Waals surface area contributed by atoms with Crippen molar-refractivity contribution in [3.63, 3.8) is 0 Å². The second-order valence-corrected chi connectivity index (χ2v) is 10.2. The van der Waals surface area contributed by atoms with E-state index in [-0.39, 0.29) is 6.61 Å². The molecule has 0 spiro atoms. The molecular weight excluding hydrogens is 508 g/mol. The average Bonchev–Trinajstić information content (AvgIpc) is 2.94. The van der Waals surface area contributed by atoms with Gasteiger partial charge in [0.2, 0.25) is 6.61 Å². The Bertz CT molecular complexity index is 1040. The Kier molecular flexibility index (Phi) is 12.1. The number of hydrogen-bond acceptors (Lipinski definition) is 10. The highest BCUT2D eigenvalue weighted by Gasteiger charge is 2.35. The molecule has 206 valence electrons. The Morgan fingerprint density at radius 3 is 2.34 bits per heavy atom. The van der Waals surface area contributed by atoms with Crippen molar-refractivity contribution in [1.82, 2.24) is 4.90 Å². The molecule has 0 saturated carbocycles. The van der Waals surface area contributed by atoms with Crippen molar-refractivity contribution in [2.75, 3.05) is 59.0 Å². The minimum Gasteiger partial charge on any atom is -0.458 e. The fourth-order valence-corrected chi connectivity index (χ4v) is 4.67. The highest BCUT2D eigenvalue weighted by atomic mass is 32.2. The van der Waals surface area contributed by atoms with Crippen LogP contribution in [0.2, 0.25) is 0 Å². The van der Waals surface area contributed by atoms with Gasteiger partial charge in [0.25, 0.3) is 0 Å². The Hall–Kier alpha value is -2.92. The number of carbonyl (C=O) groups excluding carboxylic acids is 2. The molecule has 0 bridgehead atoms.